The second kappa shape index (κ2) is 6.31. The van der Waals surface area contributed by atoms with Crippen molar-refractivity contribution in [3.8, 4) is 0 Å². The van der Waals surface area contributed by atoms with Crippen molar-refractivity contribution in [2.45, 2.75) is 0 Å². The van der Waals surface area contributed by atoms with E-state index in [1.54, 1.807) is 12.1 Å². The third-order valence-corrected chi connectivity index (χ3v) is 3.82. The maximum Gasteiger partial charge on any atom is 0.255 e. The summed E-state index contributed by atoms with van der Waals surface area (Å²) in [6, 6.07) is 10.3. The number of rotatable bonds is 2. The van der Waals surface area contributed by atoms with E-state index < -0.39 is 0 Å². The van der Waals surface area contributed by atoms with Gasteiger partial charge in [-0.05, 0) is 52.9 Å². The molecule has 6 heteroatoms. The van der Waals surface area contributed by atoms with Crippen LogP contribution in [0.1, 0.15) is 10.4 Å². The van der Waals surface area contributed by atoms with E-state index in [0.717, 1.165) is 3.57 Å². The monoisotopic (exact) mass is 425 g/mol. The largest absolute Gasteiger partial charge is 0.319 e. The zero-order valence-electron chi connectivity index (χ0n) is 9.38. The molecule has 2 nitrogen and oxygen atoms in total. The standard InChI is InChI=1S/C13H7Cl3INO/c14-8-5-10(15)12(11(16)6-8)18-13(19)7-2-1-3-9(17)4-7/h1-6H,(H,18,19). The smallest absolute Gasteiger partial charge is 0.255 e. The number of anilines is 1. The number of benzene rings is 2. The number of halogens is 4. The quantitative estimate of drug-likeness (QED) is 0.631. The molecule has 0 spiro atoms. The molecule has 0 heterocycles. The summed E-state index contributed by atoms with van der Waals surface area (Å²) in [5.74, 6) is -0.273. The molecule has 0 fully saturated rings. The number of carbonyl (C=O) groups is 1. The first-order chi connectivity index (χ1) is 8.97. The second-order valence-electron chi connectivity index (χ2n) is 3.71. The molecule has 2 aromatic carbocycles. The molecule has 0 radical (unpaired) electrons. The highest BCUT2D eigenvalue weighted by molar-refractivity contribution is 14.1. The van der Waals surface area contributed by atoms with Crippen LogP contribution in [0.4, 0.5) is 5.69 Å². The van der Waals surface area contributed by atoms with Gasteiger partial charge in [-0.1, -0.05) is 40.9 Å². The average molecular weight is 426 g/mol. The van der Waals surface area contributed by atoms with Gasteiger partial charge in [0.1, 0.15) is 0 Å². The maximum atomic E-state index is 12.1. The van der Waals surface area contributed by atoms with Gasteiger partial charge in [-0.3, -0.25) is 4.79 Å². The first-order valence-electron chi connectivity index (χ1n) is 5.19. The lowest BCUT2D eigenvalue weighted by Gasteiger charge is -2.10. The molecule has 0 unspecified atom stereocenters. The third kappa shape index (κ3) is 3.75. The fourth-order valence-corrected chi connectivity index (χ4v) is 2.93. The lowest BCUT2D eigenvalue weighted by atomic mass is 10.2. The van der Waals surface area contributed by atoms with Crippen LogP contribution in [0.25, 0.3) is 0 Å². The van der Waals surface area contributed by atoms with E-state index in [1.807, 2.05) is 12.1 Å². The Morgan fingerprint density at radius 1 is 1.05 bits per heavy atom. The van der Waals surface area contributed by atoms with Gasteiger partial charge in [0.05, 0.1) is 15.7 Å². The van der Waals surface area contributed by atoms with Crippen LogP contribution in [0.3, 0.4) is 0 Å². The minimum Gasteiger partial charge on any atom is -0.319 e. The van der Waals surface area contributed by atoms with E-state index in [9.17, 15) is 4.79 Å². The fourth-order valence-electron chi connectivity index (χ4n) is 1.48. The average Bonchev–Trinajstić information content (AvgIpc) is 2.33. The normalized spacial score (nSPS) is 10.3. The van der Waals surface area contributed by atoms with Crippen molar-refractivity contribution in [2.24, 2.45) is 0 Å². The number of hydrogen-bond donors (Lipinski definition) is 1. The topological polar surface area (TPSA) is 29.1 Å². The highest BCUT2D eigenvalue weighted by atomic mass is 127. The first-order valence-corrected chi connectivity index (χ1v) is 7.40. The summed E-state index contributed by atoms with van der Waals surface area (Å²) >= 11 is 20.0. The molecular formula is C13H7Cl3INO. The summed E-state index contributed by atoms with van der Waals surface area (Å²) in [5.41, 5.74) is 0.894. The van der Waals surface area contributed by atoms with Crippen LogP contribution in [0.5, 0.6) is 0 Å². The van der Waals surface area contributed by atoms with Gasteiger partial charge in [-0.2, -0.15) is 0 Å². The van der Waals surface area contributed by atoms with Crippen LogP contribution < -0.4 is 5.32 Å². The van der Waals surface area contributed by atoms with Crippen molar-refractivity contribution in [3.05, 3.63) is 60.6 Å². The van der Waals surface area contributed by atoms with Crippen molar-refractivity contribution in [3.63, 3.8) is 0 Å². The van der Waals surface area contributed by atoms with E-state index in [2.05, 4.69) is 27.9 Å². The number of hydrogen-bond acceptors (Lipinski definition) is 1. The Labute approximate surface area is 139 Å². The molecule has 0 aliphatic heterocycles. The van der Waals surface area contributed by atoms with Crippen molar-refractivity contribution in [1.29, 1.82) is 0 Å². The zero-order chi connectivity index (χ0) is 14.0. The van der Waals surface area contributed by atoms with E-state index >= 15 is 0 Å². The Morgan fingerprint density at radius 3 is 2.26 bits per heavy atom. The Morgan fingerprint density at radius 2 is 1.68 bits per heavy atom. The minimum atomic E-state index is -0.273. The van der Waals surface area contributed by atoms with E-state index in [4.69, 9.17) is 34.8 Å². The molecule has 0 saturated carbocycles. The summed E-state index contributed by atoms with van der Waals surface area (Å²) in [7, 11) is 0. The lowest BCUT2D eigenvalue weighted by molar-refractivity contribution is 0.102. The Kier molecular flexibility index (Phi) is 4.95. The van der Waals surface area contributed by atoms with Crippen LogP contribution >= 0.6 is 57.4 Å². The molecule has 0 atom stereocenters. The van der Waals surface area contributed by atoms with Crippen LogP contribution in [0, 0.1) is 3.57 Å². The summed E-state index contributed by atoms with van der Waals surface area (Å²) in [6.07, 6.45) is 0. The van der Waals surface area contributed by atoms with Crippen molar-refractivity contribution in [1.82, 2.24) is 0 Å². The Balaban J connectivity index is 2.29. The van der Waals surface area contributed by atoms with Gasteiger partial charge in [0.25, 0.3) is 5.91 Å². The maximum absolute atomic E-state index is 12.1. The van der Waals surface area contributed by atoms with Crippen LogP contribution in [0.2, 0.25) is 15.1 Å². The van der Waals surface area contributed by atoms with Crippen molar-refractivity contribution < 1.29 is 4.79 Å². The van der Waals surface area contributed by atoms with Crippen LogP contribution in [-0.4, -0.2) is 5.91 Å². The predicted octanol–water partition coefficient (Wildman–Crippen LogP) is 5.50. The van der Waals surface area contributed by atoms with Gasteiger partial charge in [-0.15, -0.1) is 0 Å². The van der Waals surface area contributed by atoms with Gasteiger partial charge >= 0.3 is 0 Å². The molecule has 0 aliphatic rings. The van der Waals surface area contributed by atoms with Crippen LogP contribution in [-0.2, 0) is 0 Å². The summed E-state index contributed by atoms with van der Waals surface area (Å²) in [5, 5.41) is 3.71. The van der Waals surface area contributed by atoms with E-state index in [-0.39, 0.29) is 5.91 Å². The molecule has 98 valence electrons. The highest BCUT2D eigenvalue weighted by Crippen LogP contribution is 2.33. The zero-order valence-corrected chi connectivity index (χ0v) is 13.8. The number of nitrogens with one attached hydrogen (secondary N) is 1. The SMILES string of the molecule is O=C(Nc1c(Cl)cc(Cl)cc1Cl)c1cccc(I)c1. The number of carbonyl (C=O) groups excluding carboxylic acids is 1. The van der Waals surface area contributed by atoms with Crippen LogP contribution in [0.15, 0.2) is 36.4 Å². The molecule has 2 aromatic rings. The third-order valence-electron chi connectivity index (χ3n) is 2.33. The summed E-state index contributed by atoms with van der Waals surface area (Å²) < 4.78 is 0.971. The van der Waals surface area contributed by atoms with Gasteiger partial charge in [-0.25, -0.2) is 0 Å². The minimum absolute atomic E-state index is 0.273. The molecule has 1 N–H and O–H groups in total. The highest BCUT2D eigenvalue weighted by Gasteiger charge is 2.12. The lowest BCUT2D eigenvalue weighted by Crippen LogP contribution is -2.12. The molecule has 0 aliphatic carbocycles. The van der Waals surface area contributed by atoms with Crippen molar-refractivity contribution >= 4 is 69.0 Å². The Bertz CT molecular complexity index is 623. The molecular weight excluding hydrogens is 419 g/mol. The fraction of sp³-hybridized carbons (Fsp3) is 0. The van der Waals surface area contributed by atoms with Gasteiger partial charge in [0.2, 0.25) is 0 Å². The summed E-state index contributed by atoms with van der Waals surface area (Å²) in [4.78, 5) is 12.1. The Hall–Kier alpha value is -0.490. The summed E-state index contributed by atoms with van der Waals surface area (Å²) in [6.45, 7) is 0. The van der Waals surface area contributed by atoms with Gasteiger partial charge < -0.3 is 5.32 Å². The number of amides is 1. The predicted molar refractivity (Wildman–Crippen MR) is 88.6 cm³/mol. The van der Waals surface area contributed by atoms with Crippen molar-refractivity contribution in [2.75, 3.05) is 5.32 Å². The molecule has 1 amide bonds. The second-order valence-corrected chi connectivity index (χ2v) is 6.21. The molecule has 0 saturated heterocycles. The van der Waals surface area contributed by atoms with Gasteiger partial charge in [0, 0.05) is 14.2 Å². The van der Waals surface area contributed by atoms with E-state index in [0.29, 0.717) is 26.3 Å². The molecule has 0 aromatic heterocycles. The van der Waals surface area contributed by atoms with E-state index in [1.165, 1.54) is 12.1 Å². The molecule has 19 heavy (non-hydrogen) atoms. The van der Waals surface area contributed by atoms with Gasteiger partial charge in [0.15, 0.2) is 0 Å². The molecule has 2 rings (SSSR count). The first kappa shape index (κ1) is 14.9. The molecule has 0 bridgehead atoms.